The van der Waals surface area contributed by atoms with Crippen LogP contribution < -0.4 is 10.6 Å². The molecule has 0 radical (unpaired) electrons. The first kappa shape index (κ1) is 15.9. The number of piperidine rings is 1. The van der Waals surface area contributed by atoms with Crippen LogP contribution in [0.15, 0.2) is 0 Å². The van der Waals surface area contributed by atoms with Gasteiger partial charge >= 0.3 is 0 Å². The van der Waals surface area contributed by atoms with Gasteiger partial charge in [-0.25, -0.2) is 4.98 Å². The predicted octanol–water partition coefficient (Wildman–Crippen LogP) is 3.23. The number of nitrogens with zero attached hydrogens (tertiary/aromatic N) is 1. The van der Waals surface area contributed by atoms with Crippen molar-refractivity contribution < 1.29 is 4.79 Å². The highest BCUT2D eigenvalue weighted by Gasteiger charge is 2.23. The number of hydrogen-bond donors (Lipinski definition) is 2. The van der Waals surface area contributed by atoms with E-state index in [0.29, 0.717) is 11.8 Å². The highest BCUT2D eigenvalue weighted by atomic mass is 32.1. The Balaban J connectivity index is 1.50. The van der Waals surface area contributed by atoms with Crippen LogP contribution in [0.5, 0.6) is 0 Å². The van der Waals surface area contributed by atoms with Gasteiger partial charge in [-0.2, -0.15) is 0 Å². The summed E-state index contributed by atoms with van der Waals surface area (Å²) < 4.78 is 0. The third kappa shape index (κ3) is 3.87. The molecule has 0 spiro atoms. The molecule has 1 unspecified atom stereocenters. The van der Waals surface area contributed by atoms with E-state index >= 15 is 0 Å². The Kier molecular flexibility index (Phi) is 5.47. The molecule has 1 aromatic rings. The summed E-state index contributed by atoms with van der Waals surface area (Å²) in [6.07, 6.45) is 8.71. The lowest BCUT2D eigenvalue weighted by Crippen LogP contribution is -2.33. The van der Waals surface area contributed by atoms with Gasteiger partial charge in [0.2, 0.25) is 0 Å². The van der Waals surface area contributed by atoms with E-state index < -0.39 is 0 Å². The normalized spacial score (nSPS) is 22.9. The molecule has 1 aliphatic heterocycles. The monoisotopic (exact) mass is 321 g/mol. The summed E-state index contributed by atoms with van der Waals surface area (Å²) >= 11 is 1.62. The van der Waals surface area contributed by atoms with E-state index in [0.717, 1.165) is 36.6 Å². The Morgan fingerprint density at radius 1 is 1.32 bits per heavy atom. The fraction of sp³-hybridized carbons (Fsp3) is 0.765. The van der Waals surface area contributed by atoms with E-state index in [2.05, 4.69) is 15.6 Å². The van der Waals surface area contributed by atoms with E-state index in [1.807, 2.05) is 6.92 Å². The van der Waals surface area contributed by atoms with E-state index in [1.54, 1.807) is 11.3 Å². The lowest BCUT2D eigenvalue weighted by molar-refractivity contribution is 0.0954. The maximum Gasteiger partial charge on any atom is 0.263 e. The average Bonchev–Trinajstić information content (AvgIpc) is 3.17. The number of aryl methyl sites for hydroxylation is 1. The molecular weight excluding hydrogens is 294 g/mol. The maximum absolute atomic E-state index is 12.4. The van der Waals surface area contributed by atoms with Crippen molar-refractivity contribution in [3.8, 4) is 0 Å². The van der Waals surface area contributed by atoms with E-state index in [4.69, 9.17) is 0 Å². The van der Waals surface area contributed by atoms with Gasteiger partial charge in [-0.1, -0.05) is 12.8 Å². The van der Waals surface area contributed by atoms with E-state index in [1.165, 1.54) is 43.5 Å². The van der Waals surface area contributed by atoms with Crippen LogP contribution in [0.2, 0.25) is 0 Å². The molecular formula is C17H27N3OS. The summed E-state index contributed by atoms with van der Waals surface area (Å²) in [4.78, 5) is 17.9. The molecule has 1 aliphatic carbocycles. The first-order valence-electron chi connectivity index (χ1n) is 8.70. The van der Waals surface area contributed by atoms with Gasteiger partial charge in [-0.3, -0.25) is 4.79 Å². The number of aromatic nitrogens is 1. The fourth-order valence-corrected chi connectivity index (χ4v) is 4.77. The van der Waals surface area contributed by atoms with Crippen molar-refractivity contribution in [1.29, 1.82) is 0 Å². The minimum absolute atomic E-state index is 0.0722. The molecule has 1 atom stereocenters. The van der Waals surface area contributed by atoms with Crippen molar-refractivity contribution in [2.75, 3.05) is 19.6 Å². The lowest BCUT2D eigenvalue weighted by Gasteiger charge is -2.22. The highest BCUT2D eigenvalue weighted by Crippen LogP contribution is 2.37. The second-order valence-corrected chi connectivity index (χ2v) is 7.74. The number of amides is 1. The minimum Gasteiger partial charge on any atom is -0.351 e. The van der Waals surface area contributed by atoms with E-state index in [-0.39, 0.29) is 5.91 Å². The van der Waals surface area contributed by atoms with Crippen LogP contribution in [0.1, 0.15) is 71.2 Å². The van der Waals surface area contributed by atoms with Gasteiger partial charge in [-0.15, -0.1) is 11.3 Å². The number of nitrogens with one attached hydrogen (secondary N) is 2. The molecule has 0 aromatic carbocycles. The minimum atomic E-state index is 0.0722. The lowest BCUT2D eigenvalue weighted by atomic mass is 9.96. The second kappa shape index (κ2) is 7.55. The molecule has 22 heavy (non-hydrogen) atoms. The number of thiazole rings is 1. The van der Waals surface area contributed by atoms with Gasteiger partial charge in [0, 0.05) is 12.5 Å². The smallest absolute Gasteiger partial charge is 0.263 e. The van der Waals surface area contributed by atoms with E-state index in [9.17, 15) is 4.79 Å². The maximum atomic E-state index is 12.4. The third-order valence-electron chi connectivity index (χ3n) is 4.96. The largest absolute Gasteiger partial charge is 0.351 e. The first-order valence-corrected chi connectivity index (χ1v) is 9.52. The Morgan fingerprint density at radius 3 is 2.86 bits per heavy atom. The molecule has 1 amide bonds. The zero-order valence-electron chi connectivity index (χ0n) is 13.5. The van der Waals surface area contributed by atoms with Crippen LogP contribution in [0, 0.1) is 12.8 Å². The molecule has 1 aromatic heterocycles. The topological polar surface area (TPSA) is 54.0 Å². The summed E-state index contributed by atoms with van der Waals surface area (Å²) in [5.41, 5.74) is 0.906. The molecule has 2 aliphatic rings. The standard InChI is InChI=1S/C17H27N3OS/c1-12-15(22-17(20-12)14-6-2-3-7-14)16(21)19-10-8-13-5-4-9-18-11-13/h13-14,18H,2-11H2,1H3,(H,19,21). The zero-order valence-corrected chi connectivity index (χ0v) is 14.3. The number of carbonyl (C=O) groups is 1. The first-order chi connectivity index (χ1) is 10.7. The van der Waals surface area contributed by atoms with Crippen molar-refractivity contribution in [1.82, 2.24) is 15.6 Å². The average molecular weight is 321 g/mol. The molecule has 2 fully saturated rings. The summed E-state index contributed by atoms with van der Waals surface area (Å²) in [7, 11) is 0. The van der Waals surface area contributed by atoms with Gasteiger partial charge in [0.15, 0.2) is 0 Å². The molecule has 4 nitrogen and oxygen atoms in total. The summed E-state index contributed by atoms with van der Waals surface area (Å²) in [5, 5.41) is 7.70. The number of hydrogen-bond acceptors (Lipinski definition) is 4. The molecule has 122 valence electrons. The quantitative estimate of drug-likeness (QED) is 0.875. The molecule has 1 saturated carbocycles. The van der Waals surface area contributed by atoms with Crippen LogP contribution in [0.4, 0.5) is 0 Å². The SMILES string of the molecule is Cc1nc(C2CCCC2)sc1C(=O)NCCC1CCCNC1. The third-order valence-corrected chi connectivity index (χ3v) is 6.28. The van der Waals surface area contributed by atoms with Crippen LogP contribution in [0.3, 0.4) is 0 Å². The predicted molar refractivity (Wildman–Crippen MR) is 90.6 cm³/mol. The van der Waals surface area contributed by atoms with Crippen LogP contribution in [-0.2, 0) is 0 Å². The Morgan fingerprint density at radius 2 is 2.14 bits per heavy atom. The molecule has 1 saturated heterocycles. The van der Waals surface area contributed by atoms with Crippen molar-refractivity contribution in [2.24, 2.45) is 5.92 Å². The van der Waals surface area contributed by atoms with Crippen LogP contribution >= 0.6 is 11.3 Å². The van der Waals surface area contributed by atoms with Gasteiger partial charge in [0.05, 0.1) is 10.7 Å². The van der Waals surface area contributed by atoms with Crippen molar-refractivity contribution in [3.05, 3.63) is 15.6 Å². The zero-order chi connectivity index (χ0) is 15.4. The van der Waals surface area contributed by atoms with Gasteiger partial charge in [-0.05, 0) is 58.0 Å². The number of carbonyl (C=O) groups excluding carboxylic acids is 1. The Labute approximate surface area is 137 Å². The Hall–Kier alpha value is -0.940. The molecule has 0 bridgehead atoms. The van der Waals surface area contributed by atoms with Gasteiger partial charge < -0.3 is 10.6 Å². The molecule has 5 heteroatoms. The molecule has 3 rings (SSSR count). The van der Waals surface area contributed by atoms with Gasteiger partial charge in [0.25, 0.3) is 5.91 Å². The summed E-state index contributed by atoms with van der Waals surface area (Å²) in [6.45, 7) is 4.99. The van der Waals surface area contributed by atoms with Crippen molar-refractivity contribution in [2.45, 2.75) is 57.8 Å². The van der Waals surface area contributed by atoms with Crippen LogP contribution in [0.25, 0.3) is 0 Å². The number of rotatable bonds is 5. The van der Waals surface area contributed by atoms with Gasteiger partial charge in [0.1, 0.15) is 4.88 Å². The Bertz CT molecular complexity index is 502. The van der Waals surface area contributed by atoms with Crippen molar-refractivity contribution >= 4 is 17.2 Å². The molecule has 2 heterocycles. The summed E-state index contributed by atoms with van der Waals surface area (Å²) in [6, 6.07) is 0. The highest BCUT2D eigenvalue weighted by molar-refractivity contribution is 7.13. The van der Waals surface area contributed by atoms with Crippen molar-refractivity contribution in [3.63, 3.8) is 0 Å². The van der Waals surface area contributed by atoms with Crippen LogP contribution in [-0.4, -0.2) is 30.5 Å². The second-order valence-electron chi connectivity index (χ2n) is 6.70. The fourth-order valence-electron chi connectivity index (χ4n) is 3.62. The molecule has 2 N–H and O–H groups in total. The summed E-state index contributed by atoms with van der Waals surface area (Å²) in [5.74, 6) is 1.38.